The van der Waals surface area contributed by atoms with Crippen molar-refractivity contribution in [3.63, 3.8) is 0 Å². The van der Waals surface area contributed by atoms with E-state index in [4.69, 9.17) is 4.42 Å². The first-order valence-corrected chi connectivity index (χ1v) is 6.13. The Balaban J connectivity index is 2.03. The number of likely N-dealkylation sites (tertiary alicyclic amines) is 1. The van der Waals surface area contributed by atoms with E-state index in [2.05, 4.69) is 11.8 Å². The highest BCUT2D eigenvalue weighted by atomic mass is 16.5. The Morgan fingerprint density at radius 2 is 2.06 bits per heavy atom. The number of ether oxygens (including phenoxy) is 1. The molecule has 2 rings (SSSR count). The summed E-state index contributed by atoms with van der Waals surface area (Å²) in [5, 5.41) is 0. The van der Waals surface area contributed by atoms with Gasteiger partial charge in [0, 0.05) is 0 Å². The van der Waals surface area contributed by atoms with Gasteiger partial charge in [-0.25, -0.2) is 4.79 Å². The summed E-state index contributed by atoms with van der Waals surface area (Å²) in [5.74, 6) is 0.762. The van der Waals surface area contributed by atoms with Crippen LogP contribution in [0.4, 0.5) is 0 Å². The highest BCUT2D eigenvalue weighted by Gasteiger charge is 2.26. The quantitative estimate of drug-likeness (QED) is 0.598. The van der Waals surface area contributed by atoms with Gasteiger partial charge < -0.3 is 13.6 Å². The van der Waals surface area contributed by atoms with Crippen LogP contribution in [0.2, 0.25) is 0 Å². The number of hydrogen-bond acceptors (Lipinski definition) is 3. The molecule has 0 spiro atoms. The predicted octanol–water partition coefficient (Wildman–Crippen LogP) is 2.20. The second-order valence-corrected chi connectivity index (χ2v) is 5.04. The van der Waals surface area contributed by atoms with E-state index in [1.165, 1.54) is 39.5 Å². The van der Waals surface area contributed by atoms with E-state index in [0.29, 0.717) is 5.76 Å². The second-order valence-electron chi connectivity index (χ2n) is 5.04. The number of rotatable bonds is 3. The van der Waals surface area contributed by atoms with Crippen molar-refractivity contribution in [1.29, 1.82) is 0 Å². The highest BCUT2D eigenvalue weighted by Crippen LogP contribution is 2.21. The summed E-state index contributed by atoms with van der Waals surface area (Å²) >= 11 is 0. The third kappa shape index (κ3) is 2.88. The van der Waals surface area contributed by atoms with Gasteiger partial charge in [0.1, 0.15) is 6.54 Å². The maximum absolute atomic E-state index is 11.3. The molecule has 1 aromatic heterocycles. The van der Waals surface area contributed by atoms with Crippen LogP contribution >= 0.6 is 0 Å². The molecule has 1 saturated heterocycles. The van der Waals surface area contributed by atoms with Crippen LogP contribution < -0.4 is 0 Å². The zero-order valence-corrected chi connectivity index (χ0v) is 10.6. The summed E-state index contributed by atoms with van der Waals surface area (Å²) in [5.41, 5.74) is 0. The molecular formula is C13H20NO3+. The average molecular weight is 238 g/mol. The summed E-state index contributed by atoms with van der Waals surface area (Å²) in [4.78, 5) is 11.3. The number of furan rings is 1. The van der Waals surface area contributed by atoms with Gasteiger partial charge in [-0.05, 0) is 31.4 Å². The van der Waals surface area contributed by atoms with Crippen molar-refractivity contribution in [2.24, 2.45) is 0 Å². The molecular weight excluding hydrogens is 218 g/mol. The van der Waals surface area contributed by atoms with Crippen LogP contribution in [0.15, 0.2) is 16.5 Å². The van der Waals surface area contributed by atoms with Gasteiger partial charge in [-0.2, -0.15) is 0 Å². The highest BCUT2D eigenvalue weighted by molar-refractivity contribution is 5.86. The van der Waals surface area contributed by atoms with Crippen LogP contribution in [0, 0.1) is 0 Å². The maximum atomic E-state index is 11.3. The van der Waals surface area contributed by atoms with Crippen molar-refractivity contribution in [2.45, 2.75) is 25.8 Å². The van der Waals surface area contributed by atoms with Gasteiger partial charge in [0.25, 0.3) is 0 Å². The minimum Gasteiger partial charge on any atom is -0.463 e. The zero-order valence-electron chi connectivity index (χ0n) is 10.6. The molecule has 94 valence electrons. The fraction of sp³-hybridized carbons (Fsp3) is 0.615. The number of carbonyl (C=O) groups is 1. The van der Waals surface area contributed by atoms with E-state index in [-0.39, 0.29) is 0 Å². The van der Waals surface area contributed by atoms with Gasteiger partial charge in [-0.1, -0.05) is 0 Å². The minimum absolute atomic E-state index is 0.297. The molecule has 0 saturated carbocycles. The van der Waals surface area contributed by atoms with Crippen molar-refractivity contribution in [3.8, 4) is 0 Å². The van der Waals surface area contributed by atoms with Crippen LogP contribution in [-0.2, 0) is 11.3 Å². The molecule has 1 fully saturated rings. The number of nitrogens with zero attached hydrogens (tertiary/aromatic N) is 1. The number of piperidine rings is 1. The van der Waals surface area contributed by atoms with E-state index >= 15 is 0 Å². The zero-order chi connectivity index (χ0) is 12.3. The van der Waals surface area contributed by atoms with E-state index < -0.39 is 5.97 Å². The Labute approximate surface area is 102 Å². The van der Waals surface area contributed by atoms with Crippen molar-refractivity contribution >= 4 is 5.97 Å². The summed E-state index contributed by atoms with van der Waals surface area (Å²) < 4.78 is 11.1. The molecule has 0 atom stereocenters. The smallest absolute Gasteiger partial charge is 0.373 e. The first kappa shape index (κ1) is 12.2. The van der Waals surface area contributed by atoms with Crippen LogP contribution in [-0.4, -0.2) is 37.7 Å². The molecule has 0 bridgehead atoms. The van der Waals surface area contributed by atoms with Crippen molar-refractivity contribution < 1.29 is 18.4 Å². The summed E-state index contributed by atoms with van der Waals surface area (Å²) in [6.07, 6.45) is 3.89. The Hall–Kier alpha value is -1.29. The van der Waals surface area contributed by atoms with Gasteiger partial charge in [0.15, 0.2) is 5.76 Å². The lowest BCUT2D eigenvalue weighted by molar-refractivity contribution is -0.927. The van der Waals surface area contributed by atoms with Crippen LogP contribution in [0.3, 0.4) is 0 Å². The van der Waals surface area contributed by atoms with Gasteiger partial charge >= 0.3 is 5.97 Å². The summed E-state index contributed by atoms with van der Waals surface area (Å²) in [7, 11) is 3.61. The van der Waals surface area contributed by atoms with Crippen LogP contribution in [0.5, 0.6) is 0 Å². The standard InChI is InChI=1S/C13H20NO3/c1-14(8-4-3-5-9-14)10-11-6-7-12(17-11)13(15)16-2/h6-7H,3-5,8-10H2,1-2H3/q+1. The van der Waals surface area contributed by atoms with E-state index in [0.717, 1.165) is 16.8 Å². The second kappa shape index (κ2) is 4.92. The first-order valence-electron chi connectivity index (χ1n) is 6.13. The Morgan fingerprint density at radius 3 is 2.71 bits per heavy atom. The summed E-state index contributed by atoms with van der Waals surface area (Å²) in [6.45, 7) is 3.24. The Morgan fingerprint density at radius 1 is 1.35 bits per heavy atom. The lowest BCUT2D eigenvalue weighted by atomic mass is 10.1. The molecule has 2 heterocycles. The molecule has 0 aliphatic carbocycles. The number of hydrogen-bond donors (Lipinski definition) is 0. The van der Waals surface area contributed by atoms with Crippen molar-refractivity contribution in [2.75, 3.05) is 27.2 Å². The molecule has 0 N–H and O–H groups in total. The lowest BCUT2D eigenvalue weighted by Gasteiger charge is -2.37. The monoisotopic (exact) mass is 238 g/mol. The Kier molecular flexibility index (Phi) is 3.52. The van der Waals surface area contributed by atoms with E-state index in [1.807, 2.05) is 6.07 Å². The van der Waals surface area contributed by atoms with Crippen molar-refractivity contribution in [3.05, 3.63) is 23.7 Å². The van der Waals surface area contributed by atoms with Gasteiger partial charge in [-0.15, -0.1) is 0 Å². The minimum atomic E-state index is -0.405. The van der Waals surface area contributed by atoms with Crippen LogP contribution in [0.25, 0.3) is 0 Å². The van der Waals surface area contributed by atoms with E-state index in [1.54, 1.807) is 6.07 Å². The molecule has 4 nitrogen and oxygen atoms in total. The molecule has 0 unspecified atom stereocenters. The number of quaternary nitrogens is 1. The third-order valence-corrected chi connectivity index (χ3v) is 3.48. The molecule has 1 aliphatic rings. The SMILES string of the molecule is COC(=O)c1ccc(C[N+]2(C)CCCCC2)o1. The average Bonchev–Trinajstić information content (AvgIpc) is 2.76. The maximum Gasteiger partial charge on any atom is 0.373 e. The lowest BCUT2D eigenvalue weighted by Crippen LogP contribution is -2.46. The Bertz CT molecular complexity index is 391. The molecule has 1 aliphatic heterocycles. The van der Waals surface area contributed by atoms with Crippen molar-refractivity contribution in [1.82, 2.24) is 0 Å². The molecule has 0 radical (unpaired) electrons. The molecule has 4 heteroatoms. The fourth-order valence-corrected chi connectivity index (χ4v) is 2.48. The molecule has 0 aromatic carbocycles. The molecule has 0 amide bonds. The predicted molar refractivity (Wildman–Crippen MR) is 63.5 cm³/mol. The topological polar surface area (TPSA) is 39.4 Å². The van der Waals surface area contributed by atoms with Gasteiger partial charge in [0.2, 0.25) is 5.76 Å². The first-order chi connectivity index (χ1) is 8.13. The number of esters is 1. The molecule has 1 aromatic rings. The fourth-order valence-electron chi connectivity index (χ4n) is 2.48. The van der Waals surface area contributed by atoms with E-state index in [9.17, 15) is 4.79 Å². The largest absolute Gasteiger partial charge is 0.463 e. The normalized spacial score (nSPS) is 18.9. The van der Waals surface area contributed by atoms with Crippen LogP contribution in [0.1, 0.15) is 35.6 Å². The molecule has 17 heavy (non-hydrogen) atoms. The summed E-state index contributed by atoms with van der Waals surface area (Å²) in [6, 6.07) is 3.57. The number of carbonyl (C=O) groups excluding carboxylic acids is 1. The van der Waals surface area contributed by atoms with Gasteiger partial charge in [0.05, 0.1) is 27.2 Å². The van der Waals surface area contributed by atoms with Gasteiger partial charge in [-0.3, -0.25) is 0 Å². The third-order valence-electron chi connectivity index (χ3n) is 3.48. The number of methoxy groups -OCH3 is 1.